The second kappa shape index (κ2) is 2.97. The Morgan fingerprint density at radius 1 is 1.50 bits per heavy atom. The fourth-order valence-corrected chi connectivity index (χ4v) is 1.31. The van der Waals surface area contributed by atoms with E-state index in [0.717, 1.165) is 0 Å². The van der Waals surface area contributed by atoms with Crippen molar-refractivity contribution in [1.82, 2.24) is 4.98 Å². The van der Waals surface area contributed by atoms with Crippen LogP contribution in [0.2, 0.25) is 0 Å². The molecule has 0 atom stereocenters. The van der Waals surface area contributed by atoms with Gasteiger partial charge in [0.1, 0.15) is 11.3 Å². The number of nitrogen functional groups attached to an aromatic ring is 1. The number of pyridine rings is 1. The van der Waals surface area contributed by atoms with E-state index in [1.54, 1.807) is 18.3 Å². The van der Waals surface area contributed by atoms with Gasteiger partial charge in [-0.25, -0.2) is 9.98 Å². The molecule has 0 saturated heterocycles. The second-order valence-corrected chi connectivity index (χ2v) is 3.92. The normalized spacial score (nSPS) is 18.9. The van der Waals surface area contributed by atoms with Crippen LogP contribution in [0.1, 0.15) is 19.5 Å². The summed E-state index contributed by atoms with van der Waals surface area (Å²) < 4.78 is 5.62. The second-order valence-electron chi connectivity index (χ2n) is 3.92. The minimum Gasteiger partial charge on any atom is -0.468 e. The number of aliphatic imine (C=N–C) groups is 1. The summed E-state index contributed by atoms with van der Waals surface area (Å²) in [6.45, 7) is 4.63. The average Bonchev–Trinajstić information content (AvgIpc) is 2.47. The number of rotatable bonds is 1. The van der Waals surface area contributed by atoms with Gasteiger partial charge in [-0.1, -0.05) is 0 Å². The summed E-state index contributed by atoms with van der Waals surface area (Å²) in [6, 6.07) is 3.58. The van der Waals surface area contributed by atoms with Crippen LogP contribution in [0.25, 0.3) is 0 Å². The van der Waals surface area contributed by atoms with Gasteiger partial charge in [0.25, 0.3) is 0 Å². The van der Waals surface area contributed by atoms with Crippen LogP contribution in [-0.4, -0.2) is 23.0 Å². The number of hydrogen-bond acceptors (Lipinski definition) is 4. The fourth-order valence-electron chi connectivity index (χ4n) is 1.31. The van der Waals surface area contributed by atoms with E-state index in [-0.39, 0.29) is 5.60 Å². The van der Waals surface area contributed by atoms with Crippen molar-refractivity contribution in [1.29, 1.82) is 0 Å². The molecule has 1 aromatic rings. The molecule has 1 aromatic heterocycles. The fraction of sp³-hybridized carbons (Fsp3) is 0.400. The molecule has 0 spiro atoms. The topological polar surface area (TPSA) is 60.5 Å². The van der Waals surface area contributed by atoms with Crippen LogP contribution in [0, 0.1) is 0 Å². The maximum absolute atomic E-state index is 5.77. The molecular weight excluding hydrogens is 178 g/mol. The number of anilines is 1. The van der Waals surface area contributed by atoms with Crippen molar-refractivity contribution in [3.05, 3.63) is 24.0 Å². The highest BCUT2D eigenvalue weighted by Crippen LogP contribution is 2.22. The van der Waals surface area contributed by atoms with Gasteiger partial charge in [0.05, 0.1) is 12.2 Å². The third-order valence-corrected chi connectivity index (χ3v) is 2.02. The first-order chi connectivity index (χ1) is 6.58. The molecule has 4 heteroatoms. The highest BCUT2D eigenvalue weighted by Gasteiger charge is 2.29. The number of nitrogens with two attached hydrogens (primary N) is 1. The molecule has 0 bridgehead atoms. The van der Waals surface area contributed by atoms with Crippen LogP contribution in [0.5, 0.6) is 0 Å². The Kier molecular flexibility index (Phi) is 1.91. The molecule has 0 aromatic carbocycles. The minimum atomic E-state index is -0.237. The van der Waals surface area contributed by atoms with Gasteiger partial charge in [-0.3, -0.25) is 0 Å². The van der Waals surface area contributed by atoms with Crippen molar-refractivity contribution in [2.45, 2.75) is 19.4 Å². The Bertz CT molecular complexity index is 385. The van der Waals surface area contributed by atoms with E-state index in [2.05, 4.69) is 9.98 Å². The summed E-state index contributed by atoms with van der Waals surface area (Å²) in [5.41, 5.74) is 6.77. The molecule has 0 unspecified atom stereocenters. The molecule has 1 aliphatic heterocycles. The maximum atomic E-state index is 5.77. The Labute approximate surface area is 82.8 Å². The van der Waals surface area contributed by atoms with Crippen LogP contribution in [0.3, 0.4) is 0 Å². The van der Waals surface area contributed by atoms with Crippen molar-refractivity contribution in [3.63, 3.8) is 0 Å². The van der Waals surface area contributed by atoms with Gasteiger partial charge >= 0.3 is 0 Å². The largest absolute Gasteiger partial charge is 0.468 e. The molecule has 2 heterocycles. The molecule has 0 saturated carbocycles. The van der Waals surface area contributed by atoms with Gasteiger partial charge in [0.15, 0.2) is 0 Å². The smallest absolute Gasteiger partial charge is 0.238 e. The molecule has 0 radical (unpaired) electrons. The van der Waals surface area contributed by atoms with Gasteiger partial charge in [-0.2, -0.15) is 0 Å². The monoisotopic (exact) mass is 191 g/mol. The van der Waals surface area contributed by atoms with Gasteiger partial charge < -0.3 is 10.5 Å². The van der Waals surface area contributed by atoms with Crippen LogP contribution >= 0.6 is 0 Å². The van der Waals surface area contributed by atoms with Crippen molar-refractivity contribution < 1.29 is 4.74 Å². The third kappa shape index (κ3) is 1.55. The maximum Gasteiger partial charge on any atom is 0.238 e. The summed E-state index contributed by atoms with van der Waals surface area (Å²) in [7, 11) is 0. The van der Waals surface area contributed by atoms with E-state index in [4.69, 9.17) is 10.5 Å². The van der Waals surface area contributed by atoms with Crippen molar-refractivity contribution in [2.75, 3.05) is 12.3 Å². The summed E-state index contributed by atoms with van der Waals surface area (Å²) in [4.78, 5) is 8.42. The van der Waals surface area contributed by atoms with E-state index in [0.29, 0.717) is 23.8 Å². The van der Waals surface area contributed by atoms with Crippen LogP contribution in [0.4, 0.5) is 5.69 Å². The van der Waals surface area contributed by atoms with Crippen LogP contribution in [-0.2, 0) is 4.74 Å². The lowest BCUT2D eigenvalue weighted by atomic mass is 10.1. The number of aromatic nitrogens is 1. The van der Waals surface area contributed by atoms with Gasteiger partial charge in [0.2, 0.25) is 5.90 Å². The zero-order valence-electron chi connectivity index (χ0n) is 8.32. The van der Waals surface area contributed by atoms with E-state index in [1.807, 2.05) is 13.8 Å². The lowest BCUT2D eigenvalue weighted by molar-refractivity contribution is 0.131. The standard InChI is InChI=1S/C10H13N3O/c1-10(2)6-13-9(14-10)8-7(11)4-3-5-12-8/h3-5H,6,11H2,1-2H3. The molecule has 0 amide bonds. The molecule has 1 aliphatic rings. The number of hydrogen-bond donors (Lipinski definition) is 1. The lowest BCUT2D eigenvalue weighted by Crippen LogP contribution is -2.25. The molecule has 2 rings (SSSR count). The van der Waals surface area contributed by atoms with Gasteiger partial charge in [-0.15, -0.1) is 0 Å². The quantitative estimate of drug-likeness (QED) is 0.726. The Hall–Kier alpha value is -1.58. The van der Waals surface area contributed by atoms with E-state index in [1.165, 1.54) is 0 Å². The van der Waals surface area contributed by atoms with E-state index >= 15 is 0 Å². The zero-order valence-corrected chi connectivity index (χ0v) is 8.32. The average molecular weight is 191 g/mol. The summed E-state index contributed by atoms with van der Waals surface area (Å²) >= 11 is 0. The summed E-state index contributed by atoms with van der Waals surface area (Å²) in [5, 5.41) is 0. The van der Waals surface area contributed by atoms with Crippen molar-refractivity contribution >= 4 is 11.6 Å². The SMILES string of the molecule is CC1(C)CN=C(c2ncccc2N)O1. The molecular formula is C10H13N3O. The highest BCUT2D eigenvalue weighted by atomic mass is 16.5. The summed E-state index contributed by atoms with van der Waals surface area (Å²) in [5.74, 6) is 0.549. The Balaban J connectivity index is 2.30. The first kappa shape index (κ1) is 8.99. The zero-order chi connectivity index (χ0) is 10.2. The van der Waals surface area contributed by atoms with Gasteiger partial charge in [0, 0.05) is 6.20 Å². The predicted molar refractivity (Wildman–Crippen MR) is 55.2 cm³/mol. The molecule has 74 valence electrons. The van der Waals surface area contributed by atoms with Crippen LogP contribution in [0.15, 0.2) is 23.3 Å². The summed E-state index contributed by atoms with van der Waals surface area (Å²) in [6.07, 6.45) is 1.68. The molecule has 0 aliphatic carbocycles. The Morgan fingerprint density at radius 2 is 2.29 bits per heavy atom. The minimum absolute atomic E-state index is 0.237. The predicted octanol–water partition coefficient (Wildman–Crippen LogP) is 1.22. The number of ether oxygens (including phenoxy) is 1. The third-order valence-electron chi connectivity index (χ3n) is 2.02. The highest BCUT2D eigenvalue weighted by molar-refractivity contribution is 5.98. The molecule has 0 fully saturated rings. The lowest BCUT2D eigenvalue weighted by Gasteiger charge is -2.17. The van der Waals surface area contributed by atoms with E-state index in [9.17, 15) is 0 Å². The molecule has 4 nitrogen and oxygen atoms in total. The first-order valence-corrected chi connectivity index (χ1v) is 4.53. The first-order valence-electron chi connectivity index (χ1n) is 4.53. The van der Waals surface area contributed by atoms with Crippen molar-refractivity contribution in [2.24, 2.45) is 4.99 Å². The van der Waals surface area contributed by atoms with Crippen molar-refractivity contribution in [3.8, 4) is 0 Å². The molecule has 14 heavy (non-hydrogen) atoms. The molecule has 2 N–H and O–H groups in total. The Morgan fingerprint density at radius 3 is 2.86 bits per heavy atom. The van der Waals surface area contributed by atoms with E-state index < -0.39 is 0 Å². The van der Waals surface area contributed by atoms with Gasteiger partial charge in [-0.05, 0) is 26.0 Å². The van der Waals surface area contributed by atoms with Crippen LogP contribution < -0.4 is 5.73 Å². The number of nitrogens with zero attached hydrogens (tertiary/aromatic N) is 2.